The standard InChI is InChI=1S/C14H19NO/c15-13-11-6-7-12(8-11)14(13)16-9-10-4-2-1-3-5-10/h1-5,11-14H,6-9,15H2. The van der Waals surface area contributed by atoms with E-state index in [9.17, 15) is 0 Å². The highest BCUT2D eigenvalue weighted by Gasteiger charge is 2.46. The summed E-state index contributed by atoms with van der Waals surface area (Å²) in [5.74, 6) is 1.45. The van der Waals surface area contributed by atoms with Gasteiger partial charge in [-0.1, -0.05) is 30.3 Å². The van der Waals surface area contributed by atoms with Gasteiger partial charge in [-0.15, -0.1) is 0 Å². The number of benzene rings is 1. The lowest BCUT2D eigenvalue weighted by Crippen LogP contribution is -2.41. The molecule has 2 nitrogen and oxygen atoms in total. The van der Waals surface area contributed by atoms with Crippen LogP contribution in [0.1, 0.15) is 24.8 Å². The Hall–Kier alpha value is -0.860. The van der Waals surface area contributed by atoms with Gasteiger partial charge in [-0.05, 0) is 36.7 Å². The molecule has 2 heteroatoms. The fourth-order valence-corrected chi connectivity index (χ4v) is 3.30. The lowest BCUT2D eigenvalue weighted by atomic mass is 9.93. The van der Waals surface area contributed by atoms with E-state index in [0.717, 1.165) is 11.8 Å². The van der Waals surface area contributed by atoms with Crippen molar-refractivity contribution in [2.75, 3.05) is 0 Å². The first-order valence-corrected chi connectivity index (χ1v) is 6.25. The Bertz CT molecular complexity index is 349. The zero-order valence-electron chi connectivity index (χ0n) is 9.51. The summed E-state index contributed by atoms with van der Waals surface area (Å²) >= 11 is 0. The number of hydrogen-bond acceptors (Lipinski definition) is 2. The summed E-state index contributed by atoms with van der Waals surface area (Å²) in [4.78, 5) is 0. The highest BCUT2D eigenvalue weighted by molar-refractivity contribution is 5.13. The highest BCUT2D eigenvalue weighted by atomic mass is 16.5. The minimum absolute atomic E-state index is 0.280. The SMILES string of the molecule is NC1C2CCC(C2)C1OCc1ccccc1. The van der Waals surface area contributed by atoms with Crippen molar-refractivity contribution >= 4 is 0 Å². The minimum atomic E-state index is 0.280. The molecule has 2 aliphatic rings. The van der Waals surface area contributed by atoms with Crippen LogP contribution in [-0.2, 0) is 11.3 Å². The fourth-order valence-electron chi connectivity index (χ4n) is 3.30. The molecule has 86 valence electrons. The molecule has 0 radical (unpaired) electrons. The van der Waals surface area contributed by atoms with Crippen molar-refractivity contribution in [1.29, 1.82) is 0 Å². The van der Waals surface area contributed by atoms with Gasteiger partial charge >= 0.3 is 0 Å². The summed E-state index contributed by atoms with van der Waals surface area (Å²) in [5, 5.41) is 0. The molecule has 2 aliphatic carbocycles. The first-order chi connectivity index (χ1) is 7.84. The molecule has 0 amide bonds. The molecule has 1 aromatic carbocycles. The first kappa shape index (κ1) is 10.3. The van der Waals surface area contributed by atoms with Gasteiger partial charge in [0.15, 0.2) is 0 Å². The lowest BCUT2D eigenvalue weighted by Gasteiger charge is -2.28. The average Bonchev–Trinajstić information content (AvgIpc) is 2.89. The van der Waals surface area contributed by atoms with E-state index in [2.05, 4.69) is 24.3 Å². The molecule has 16 heavy (non-hydrogen) atoms. The molecule has 0 aliphatic heterocycles. The van der Waals surface area contributed by atoms with E-state index in [0.29, 0.717) is 12.7 Å². The maximum absolute atomic E-state index is 6.20. The van der Waals surface area contributed by atoms with Crippen molar-refractivity contribution < 1.29 is 4.74 Å². The quantitative estimate of drug-likeness (QED) is 0.843. The maximum atomic E-state index is 6.20. The van der Waals surface area contributed by atoms with Crippen molar-refractivity contribution in [2.45, 2.75) is 38.0 Å². The molecule has 0 heterocycles. The third-order valence-electron chi connectivity index (χ3n) is 4.19. The van der Waals surface area contributed by atoms with Crippen LogP contribution in [0.4, 0.5) is 0 Å². The zero-order valence-corrected chi connectivity index (χ0v) is 9.51. The van der Waals surface area contributed by atoms with Crippen LogP contribution in [0.5, 0.6) is 0 Å². The summed E-state index contributed by atoms with van der Waals surface area (Å²) in [6.07, 6.45) is 4.23. The molecule has 2 bridgehead atoms. The Labute approximate surface area is 96.8 Å². The molecule has 4 unspecified atom stereocenters. The predicted octanol–water partition coefficient (Wildman–Crippen LogP) is 2.33. The summed E-state index contributed by atoms with van der Waals surface area (Å²) in [5.41, 5.74) is 7.45. The predicted molar refractivity (Wildman–Crippen MR) is 63.8 cm³/mol. The number of ether oxygens (including phenoxy) is 1. The lowest BCUT2D eigenvalue weighted by molar-refractivity contribution is -0.00628. The number of fused-ring (bicyclic) bond motifs is 2. The van der Waals surface area contributed by atoms with E-state index in [-0.39, 0.29) is 6.04 Å². The van der Waals surface area contributed by atoms with Gasteiger partial charge in [0.25, 0.3) is 0 Å². The van der Waals surface area contributed by atoms with E-state index in [1.54, 1.807) is 0 Å². The molecule has 1 aromatic rings. The minimum Gasteiger partial charge on any atom is -0.372 e. The monoisotopic (exact) mass is 217 g/mol. The van der Waals surface area contributed by atoms with E-state index in [1.165, 1.54) is 24.8 Å². The maximum Gasteiger partial charge on any atom is 0.0761 e. The smallest absolute Gasteiger partial charge is 0.0761 e. The molecular formula is C14H19NO. The Kier molecular flexibility index (Phi) is 2.70. The molecule has 4 atom stereocenters. The fraction of sp³-hybridized carbons (Fsp3) is 0.571. The molecule has 2 N–H and O–H groups in total. The van der Waals surface area contributed by atoms with E-state index >= 15 is 0 Å². The summed E-state index contributed by atoms with van der Waals surface area (Å²) in [7, 11) is 0. The molecule has 3 rings (SSSR count). The number of nitrogens with two attached hydrogens (primary N) is 1. The van der Waals surface area contributed by atoms with Crippen LogP contribution in [0.3, 0.4) is 0 Å². The summed E-state index contributed by atoms with van der Waals surface area (Å²) in [6.45, 7) is 0.711. The zero-order chi connectivity index (χ0) is 11.0. The molecular weight excluding hydrogens is 198 g/mol. The van der Waals surface area contributed by atoms with Crippen molar-refractivity contribution in [2.24, 2.45) is 17.6 Å². The van der Waals surface area contributed by atoms with Crippen molar-refractivity contribution in [3.63, 3.8) is 0 Å². The van der Waals surface area contributed by atoms with Crippen molar-refractivity contribution in [3.8, 4) is 0 Å². The Balaban J connectivity index is 1.60. The molecule has 2 saturated carbocycles. The van der Waals surface area contributed by atoms with Gasteiger partial charge in [0, 0.05) is 6.04 Å². The second kappa shape index (κ2) is 4.19. The van der Waals surface area contributed by atoms with Crippen LogP contribution in [-0.4, -0.2) is 12.1 Å². The van der Waals surface area contributed by atoms with Gasteiger partial charge < -0.3 is 10.5 Å². The summed E-state index contributed by atoms with van der Waals surface area (Å²) < 4.78 is 6.01. The third-order valence-corrected chi connectivity index (χ3v) is 4.19. The van der Waals surface area contributed by atoms with E-state index in [4.69, 9.17) is 10.5 Å². The van der Waals surface area contributed by atoms with Crippen molar-refractivity contribution in [3.05, 3.63) is 35.9 Å². The second-order valence-corrected chi connectivity index (χ2v) is 5.17. The van der Waals surface area contributed by atoms with Crippen LogP contribution >= 0.6 is 0 Å². The van der Waals surface area contributed by atoms with Crippen LogP contribution in [0, 0.1) is 11.8 Å². The normalized spacial score (nSPS) is 36.8. The topological polar surface area (TPSA) is 35.2 Å². The van der Waals surface area contributed by atoms with Gasteiger partial charge in [-0.25, -0.2) is 0 Å². The van der Waals surface area contributed by atoms with Gasteiger partial charge in [0.05, 0.1) is 12.7 Å². The van der Waals surface area contributed by atoms with Gasteiger partial charge in [-0.3, -0.25) is 0 Å². The van der Waals surface area contributed by atoms with Crippen molar-refractivity contribution in [1.82, 2.24) is 0 Å². The second-order valence-electron chi connectivity index (χ2n) is 5.17. The Morgan fingerprint density at radius 3 is 2.56 bits per heavy atom. The van der Waals surface area contributed by atoms with Crippen LogP contribution in [0.2, 0.25) is 0 Å². The Morgan fingerprint density at radius 1 is 1.12 bits per heavy atom. The van der Waals surface area contributed by atoms with Crippen LogP contribution in [0.15, 0.2) is 30.3 Å². The third kappa shape index (κ3) is 1.76. The highest BCUT2D eigenvalue weighted by Crippen LogP contribution is 2.45. The van der Waals surface area contributed by atoms with Crippen LogP contribution in [0.25, 0.3) is 0 Å². The largest absolute Gasteiger partial charge is 0.372 e. The first-order valence-electron chi connectivity index (χ1n) is 6.25. The van der Waals surface area contributed by atoms with Gasteiger partial charge in [0.2, 0.25) is 0 Å². The van der Waals surface area contributed by atoms with Gasteiger partial charge in [0.1, 0.15) is 0 Å². The summed E-state index contributed by atoms with van der Waals surface area (Å²) in [6, 6.07) is 10.6. The Morgan fingerprint density at radius 2 is 1.88 bits per heavy atom. The molecule has 0 aromatic heterocycles. The number of rotatable bonds is 3. The average molecular weight is 217 g/mol. The molecule has 2 fully saturated rings. The molecule has 0 saturated heterocycles. The van der Waals surface area contributed by atoms with Gasteiger partial charge in [-0.2, -0.15) is 0 Å². The van der Waals surface area contributed by atoms with Crippen LogP contribution < -0.4 is 5.73 Å². The number of hydrogen-bond donors (Lipinski definition) is 1. The van der Waals surface area contributed by atoms with E-state index < -0.39 is 0 Å². The molecule has 0 spiro atoms. The van der Waals surface area contributed by atoms with E-state index in [1.807, 2.05) is 6.07 Å².